The Morgan fingerprint density at radius 2 is 2.05 bits per heavy atom. The molecule has 0 fully saturated rings. The van der Waals surface area contributed by atoms with Gasteiger partial charge in [0.05, 0.1) is 11.6 Å². The minimum Gasteiger partial charge on any atom is -0.423 e. The number of nitrogens with two attached hydrogens (primary N) is 2. The van der Waals surface area contributed by atoms with E-state index in [9.17, 15) is 0 Å². The third-order valence-corrected chi connectivity index (χ3v) is 3.15. The van der Waals surface area contributed by atoms with Gasteiger partial charge in [-0.15, -0.1) is 10.2 Å². The van der Waals surface area contributed by atoms with Crippen LogP contribution in [0, 0.1) is 0 Å². The molecule has 8 nitrogen and oxygen atoms in total. The standard InChI is InChI=1S/C14H15N7O/c15-6-11(9-4-2-1-3-5-9)19-12-10(7-17-14(16)20-12)13-21-18-8-22-13/h1-5,7-8,11H,6,15H2,(H3,16,17,19,20)/t11-/m1/s1. The SMILES string of the molecule is NC[C@@H](Nc1nc(N)ncc1-c1nnco1)c1ccccc1. The summed E-state index contributed by atoms with van der Waals surface area (Å²) in [5.74, 6) is 0.956. The maximum Gasteiger partial charge on any atom is 0.252 e. The van der Waals surface area contributed by atoms with Crippen LogP contribution in [0.5, 0.6) is 0 Å². The third kappa shape index (κ3) is 2.86. The van der Waals surface area contributed by atoms with Crippen LogP contribution in [0.25, 0.3) is 11.5 Å². The van der Waals surface area contributed by atoms with E-state index < -0.39 is 0 Å². The second kappa shape index (κ2) is 6.19. The van der Waals surface area contributed by atoms with Crippen LogP contribution in [0.1, 0.15) is 11.6 Å². The fourth-order valence-electron chi connectivity index (χ4n) is 2.08. The maximum absolute atomic E-state index is 5.87. The predicted molar refractivity (Wildman–Crippen MR) is 81.6 cm³/mol. The summed E-state index contributed by atoms with van der Waals surface area (Å²) in [5, 5.41) is 10.8. The molecule has 0 bridgehead atoms. The molecule has 0 saturated heterocycles. The molecule has 3 aromatic rings. The largest absolute Gasteiger partial charge is 0.423 e. The first-order chi connectivity index (χ1) is 10.8. The van der Waals surface area contributed by atoms with E-state index in [2.05, 4.69) is 25.5 Å². The quantitative estimate of drug-likeness (QED) is 0.641. The first-order valence-electron chi connectivity index (χ1n) is 6.68. The highest BCUT2D eigenvalue weighted by Crippen LogP contribution is 2.27. The fraction of sp³-hybridized carbons (Fsp3) is 0.143. The molecule has 8 heteroatoms. The van der Waals surface area contributed by atoms with Crippen LogP contribution in [-0.4, -0.2) is 26.7 Å². The summed E-state index contributed by atoms with van der Waals surface area (Å²) in [6.07, 6.45) is 2.78. The molecule has 1 aromatic carbocycles. The van der Waals surface area contributed by atoms with E-state index in [4.69, 9.17) is 15.9 Å². The van der Waals surface area contributed by atoms with Crippen LogP contribution in [0.3, 0.4) is 0 Å². The second-order valence-corrected chi connectivity index (χ2v) is 4.58. The minimum atomic E-state index is -0.128. The van der Waals surface area contributed by atoms with E-state index in [1.807, 2.05) is 30.3 Å². The summed E-state index contributed by atoms with van der Waals surface area (Å²) in [4.78, 5) is 8.18. The molecule has 22 heavy (non-hydrogen) atoms. The first kappa shape index (κ1) is 14.0. The van der Waals surface area contributed by atoms with E-state index in [-0.39, 0.29) is 12.0 Å². The molecule has 1 atom stereocenters. The van der Waals surface area contributed by atoms with E-state index >= 15 is 0 Å². The summed E-state index contributed by atoms with van der Waals surface area (Å²) >= 11 is 0. The smallest absolute Gasteiger partial charge is 0.252 e. The van der Waals surface area contributed by atoms with Crippen molar-refractivity contribution in [1.82, 2.24) is 20.2 Å². The summed E-state index contributed by atoms with van der Waals surface area (Å²) in [7, 11) is 0. The van der Waals surface area contributed by atoms with Gasteiger partial charge in [-0.3, -0.25) is 0 Å². The highest BCUT2D eigenvalue weighted by Gasteiger charge is 2.17. The summed E-state index contributed by atoms with van der Waals surface area (Å²) in [6.45, 7) is 0.386. The summed E-state index contributed by atoms with van der Waals surface area (Å²) in [5.41, 5.74) is 13.2. The molecule has 0 unspecified atom stereocenters. The number of nitrogen functional groups attached to an aromatic ring is 1. The Morgan fingerprint density at radius 3 is 2.73 bits per heavy atom. The van der Waals surface area contributed by atoms with Gasteiger partial charge in [0.2, 0.25) is 12.3 Å². The topological polar surface area (TPSA) is 129 Å². The van der Waals surface area contributed by atoms with E-state index in [0.29, 0.717) is 23.8 Å². The van der Waals surface area contributed by atoms with Crippen molar-refractivity contribution in [1.29, 1.82) is 0 Å². The maximum atomic E-state index is 5.87. The normalized spacial score (nSPS) is 12.0. The van der Waals surface area contributed by atoms with Gasteiger partial charge in [0.25, 0.3) is 5.89 Å². The van der Waals surface area contributed by atoms with Gasteiger partial charge < -0.3 is 21.2 Å². The number of hydrogen-bond acceptors (Lipinski definition) is 8. The lowest BCUT2D eigenvalue weighted by Gasteiger charge is -2.19. The molecule has 2 aromatic heterocycles. The van der Waals surface area contributed by atoms with Crippen LogP contribution < -0.4 is 16.8 Å². The van der Waals surface area contributed by atoms with Crippen LogP contribution >= 0.6 is 0 Å². The van der Waals surface area contributed by atoms with Gasteiger partial charge in [-0.05, 0) is 5.56 Å². The van der Waals surface area contributed by atoms with Gasteiger partial charge in [-0.1, -0.05) is 30.3 Å². The zero-order valence-electron chi connectivity index (χ0n) is 11.7. The zero-order chi connectivity index (χ0) is 15.4. The first-order valence-corrected chi connectivity index (χ1v) is 6.68. The molecule has 0 aliphatic heterocycles. The third-order valence-electron chi connectivity index (χ3n) is 3.15. The number of rotatable bonds is 5. The summed E-state index contributed by atoms with van der Waals surface area (Å²) in [6, 6.07) is 9.70. The summed E-state index contributed by atoms with van der Waals surface area (Å²) < 4.78 is 5.21. The molecule has 112 valence electrons. The van der Waals surface area contributed by atoms with Crippen molar-refractivity contribution in [3.63, 3.8) is 0 Å². The molecular weight excluding hydrogens is 282 g/mol. The van der Waals surface area contributed by atoms with Crippen LogP contribution in [0.15, 0.2) is 47.3 Å². The van der Waals surface area contributed by atoms with Gasteiger partial charge in [0.15, 0.2) is 0 Å². The number of nitrogens with one attached hydrogen (secondary N) is 1. The second-order valence-electron chi connectivity index (χ2n) is 4.58. The fourth-order valence-corrected chi connectivity index (χ4v) is 2.08. The molecule has 0 spiro atoms. The average Bonchev–Trinajstić information content (AvgIpc) is 3.08. The number of nitrogens with zero attached hydrogens (tertiary/aromatic N) is 4. The molecular formula is C14H15N7O. The molecule has 0 aliphatic rings. The van der Waals surface area contributed by atoms with E-state index in [0.717, 1.165) is 5.56 Å². The van der Waals surface area contributed by atoms with Crippen molar-refractivity contribution < 1.29 is 4.42 Å². The Morgan fingerprint density at radius 1 is 1.23 bits per heavy atom. The van der Waals surface area contributed by atoms with E-state index in [1.54, 1.807) is 0 Å². The lowest BCUT2D eigenvalue weighted by Crippen LogP contribution is -2.21. The van der Waals surface area contributed by atoms with E-state index in [1.165, 1.54) is 12.6 Å². The highest BCUT2D eigenvalue weighted by molar-refractivity contribution is 5.69. The lowest BCUT2D eigenvalue weighted by atomic mass is 10.1. The van der Waals surface area contributed by atoms with Crippen LogP contribution in [0.4, 0.5) is 11.8 Å². The number of anilines is 2. The monoisotopic (exact) mass is 297 g/mol. The number of aromatic nitrogens is 4. The van der Waals surface area contributed by atoms with Gasteiger partial charge in [-0.25, -0.2) is 4.98 Å². The Balaban J connectivity index is 1.95. The average molecular weight is 297 g/mol. The molecule has 0 radical (unpaired) electrons. The number of benzene rings is 1. The Bertz CT molecular complexity index is 730. The zero-order valence-corrected chi connectivity index (χ0v) is 11.7. The number of hydrogen-bond donors (Lipinski definition) is 3. The minimum absolute atomic E-state index is 0.128. The van der Waals surface area contributed by atoms with Crippen LogP contribution in [-0.2, 0) is 0 Å². The highest BCUT2D eigenvalue weighted by atomic mass is 16.4. The molecule has 5 N–H and O–H groups in total. The van der Waals surface area contributed by atoms with Crippen molar-refractivity contribution in [2.24, 2.45) is 5.73 Å². The van der Waals surface area contributed by atoms with Crippen LogP contribution in [0.2, 0.25) is 0 Å². The molecule has 3 rings (SSSR count). The van der Waals surface area contributed by atoms with Gasteiger partial charge in [-0.2, -0.15) is 4.98 Å². The predicted octanol–water partition coefficient (Wildman–Crippen LogP) is 1.22. The molecule has 0 saturated carbocycles. The molecule has 2 heterocycles. The van der Waals surface area contributed by atoms with Gasteiger partial charge in [0.1, 0.15) is 5.82 Å². The molecule has 0 aliphatic carbocycles. The Labute approximate surface area is 126 Å². The Kier molecular flexibility index (Phi) is 3.92. The van der Waals surface area contributed by atoms with Crippen molar-refractivity contribution in [2.45, 2.75) is 6.04 Å². The van der Waals surface area contributed by atoms with Crippen molar-refractivity contribution in [3.8, 4) is 11.5 Å². The lowest BCUT2D eigenvalue weighted by molar-refractivity contribution is 0.568. The Hall–Kier alpha value is -3.00. The van der Waals surface area contributed by atoms with Crippen molar-refractivity contribution in [2.75, 3.05) is 17.6 Å². The van der Waals surface area contributed by atoms with Gasteiger partial charge >= 0.3 is 0 Å². The van der Waals surface area contributed by atoms with Crippen molar-refractivity contribution >= 4 is 11.8 Å². The van der Waals surface area contributed by atoms with Gasteiger partial charge in [0, 0.05) is 12.7 Å². The van der Waals surface area contributed by atoms with Crippen molar-refractivity contribution in [3.05, 3.63) is 48.5 Å². The molecule has 0 amide bonds.